The Kier molecular flexibility index (Phi) is 4.23. The van der Waals surface area contributed by atoms with Gasteiger partial charge in [-0.3, -0.25) is 4.79 Å². The summed E-state index contributed by atoms with van der Waals surface area (Å²) in [7, 11) is 1.51. The quantitative estimate of drug-likeness (QED) is 0.905. The summed E-state index contributed by atoms with van der Waals surface area (Å²) in [6.45, 7) is 1.69. The van der Waals surface area contributed by atoms with Crippen LogP contribution in [0.25, 0.3) is 0 Å². The Labute approximate surface area is 122 Å². The van der Waals surface area contributed by atoms with Gasteiger partial charge in [0.05, 0.1) is 18.4 Å². The summed E-state index contributed by atoms with van der Waals surface area (Å²) >= 11 is 0. The number of rotatable bonds is 4. The number of hydrogen-bond acceptors (Lipinski definition) is 3. The van der Waals surface area contributed by atoms with Crippen LogP contribution in [0.5, 0.6) is 5.75 Å². The number of carbonyl (C=O) groups excluding carboxylic acids is 1. The number of carboxylic acid groups (broad SMARTS) is 1. The fourth-order valence-electron chi connectivity index (χ4n) is 2.01. The smallest absolute Gasteiger partial charge is 0.338 e. The first-order valence-corrected chi connectivity index (χ1v) is 6.31. The number of carbonyl (C=O) groups is 2. The molecule has 0 spiro atoms. The molecule has 5 nitrogen and oxygen atoms in total. The molecule has 2 aromatic rings. The molecular formula is C16H15NO4. The first kappa shape index (κ1) is 14.6. The van der Waals surface area contributed by atoms with Crippen molar-refractivity contribution >= 4 is 17.6 Å². The van der Waals surface area contributed by atoms with Crippen LogP contribution in [0.1, 0.15) is 26.3 Å². The number of hydrogen-bond donors (Lipinski definition) is 2. The molecule has 5 heteroatoms. The molecule has 2 rings (SSSR count). The lowest BCUT2D eigenvalue weighted by Gasteiger charge is -2.11. The van der Waals surface area contributed by atoms with Gasteiger partial charge in [0.15, 0.2) is 0 Å². The van der Waals surface area contributed by atoms with Gasteiger partial charge in [0.25, 0.3) is 5.91 Å². The van der Waals surface area contributed by atoms with Gasteiger partial charge in [0.2, 0.25) is 0 Å². The average molecular weight is 285 g/mol. The van der Waals surface area contributed by atoms with E-state index in [0.717, 1.165) is 0 Å². The number of aromatic carboxylic acids is 1. The van der Waals surface area contributed by atoms with Gasteiger partial charge in [-0.05, 0) is 36.8 Å². The summed E-state index contributed by atoms with van der Waals surface area (Å²) in [5.74, 6) is -0.901. The minimum atomic E-state index is -1.07. The van der Waals surface area contributed by atoms with Crippen molar-refractivity contribution in [3.8, 4) is 5.75 Å². The monoisotopic (exact) mass is 285 g/mol. The summed E-state index contributed by atoms with van der Waals surface area (Å²) < 4.78 is 5.06. The second kappa shape index (κ2) is 6.09. The van der Waals surface area contributed by atoms with Crippen LogP contribution < -0.4 is 10.1 Å². The van der Waals surface area contributed by atoms with Crippen molar-refractivity contribution in [3.63, 3.8) is 0 Å². The molecule has 0 saturated heterocycles. The number of benzene rings is 2. The summed E-state index contributed by atoms with van der Waals surface area (Å²) in [5, 5.41) is 11.9. The first-order valence-electron chi connectivity index (χ1n) is 6.31. The normalized spacial score (nSPS) is 10.0. The molecule has 0 saturated carbocycles. The largest absolute Gasteiger partial charge is 0.497 e. The molecule has 0 aliphatic heterocycles. The Morgan fingerprint density at radius 2 is 1.86 bits per heavy atom. The van der Waals surface area contributed by atoms with E-state index in [1.807, 2.05) is 0 Å². The number of amides is 1. The number of aryl methyl sites for hydroxylation is 1. The molecular weight excluding hydrogens is 270 g/mol. The van der Waals surface area contributed by atoms with E-state index in [4.69, 9.17) is 4.74 Å². The molecule has 0 bridgehead atoms. The van der Waals surface area contributed by atoms with Gasteiger partial charge in [0, 0.05) is 5.56 Å². The molecule has 0 aromatic heterocycles. The summed E-state index contributed by atoms with van der Waals surface area (Å²) in [4.78, 5) is 23.5. The molecule has 0 atom stereocenters. The van der Waals surface area contributed by atoms with E-state index in [1.54, 1.807) is 49.4 Å². The molecule has 0 heterocycles. The van der Waals surface area contributed by atoms with Crippen LogP contribution in [0, 0.1) is 6.92 Å². The zero-order chi connectivity index (χ0) is 15.4. The van der Waals surface area contributed by atoms with Crippen molar-refractivity contribution in [2.24, 2.45) is 0 Å². The topological polar surface area (TPSA) is 75.6 Å². The zero-order valence-electron chi connectivity index (χ0n) is 11.7. The molecule has 0 aliphatic rings. The minimum Gasteiger partial charge on any atom is -0.497 e. The van der Waals surface area contributed by atoms with E-state index in [1.165, 1.54) is 7.11 Å². The van der Waals surface area contributed by atoms with Gasteiger partial charge in [0.1, 0.15) is 5.75 Å². The summed E-state index contributed by atoms with van der Waals surface area (Å²) in [5.41, 5.74) is 1.35. The van der Waals surface area contributed by atoms with Crippen LogP contribution in [-0.4, -0.2) is 24.1 Å². The maximum atomic E-state index is 12.2. The maximum absolute atomic E-state index is 12.2. The highest BCUT2D eigenvalue weighted by molar-refractivity contribution is 6.08. The van der Waals surface area contributed by atoms with Crippen LogP contribution in [-0.2, 0) is 0 Å². The Balaban J connectivity index is 2.31. The van der Waals surface area contributed by atoms with Crippen molar-refractivity contribution in [1.82, 2.24) is 0 Å². The third kappa shape index (κ3) is 3.20. The van der Waals surface area contributed by atoms with E-state index in [9.17, 15) is 14.7 Å². The van der Waals surface area contributed by atoms with Gasteiger partial charge >= 0.3 is 5.97 Å². The van der Waals surface area contributed by atoms with Crippen molar-refractivity contribution in [3.05, 3.63) is 59.2 Å². The third-order valence-electron chi connectivity index (χ3n) is 3.07. The fraction of sp³-hybridized carbons (Fsp3) is 0.125. The van der Waals surface area contributed by atoms with Gasteiger partial charge in [-0.2, -0.15) is 0 Å². The van der Waals surface area contributed by atoms with Crippen LogP contribution >= 0.6 is 0 Å². The molecule has 2 aromatic carbocycles. The highest BCUT2D eigenvalue weighted by Gasteiger charge is 2.15. The second-order valence-electron chi connectivity index (χ2n) is 4.49. The number of carboxylic acids is 1. The molecule has 0 unspecified atom stereocenters. The SMILES string of the molecule is COc1cccc(C(=O)Nc2cccc(C)c2C(=O)O)c1. The second-order valence-corrected chi connectivity index (χ2v) is 4.49. The Hall–Kier alpha value is -2.82. The van der Waals surface area contributed by atoms with Gasteiger partial charge in [-0.1, -0.05) is 18.2 Å². The number of nitrogens with one attached hydrogen (secondary N) is 1. The van der Waals surface area contributed by atoms with Crippen molar-refractivity contribution in [1.29, 1.82) is 0 Å². The lowest BCUT2D eigenvalue weighted by molar-refractivity contribution is 0.0697. The third-order valence-corrected chi connectivity index (χ3v) is 3.07. The van der Waals surface area contributed by atoms with Crippen molar-refractivity contribution < 1.29 is 19.4 Å². The van der Waals surface area contributed by atoms with Crippen LogP contribution in [0.4, 0.5) is 5.69 Å². The van der Waals surface area contributed by atoms with Crippen molar-refractivity contribution in [2.45, 2.75) is 6.92 Å². The number of anilines is 1. The Morgan fingerprint density at radius 1 is 1.14 bits per heavy atom. The fourth-order valence-corrected chi connectivity index (χ4v) is 2.01. The molecule has 0 aliphatic carbocycles. The van der Waals surface area contributed by atoms with Gasteiger partial charge in [-0.25, -0.2) is 4.79 Å². The zero-order valence-corrected chi connectivity index (χ0v) is 11.7. The van der Waals surface area contributed by atoms with E-state index in [-0.39, 0.29) is 17.2 Å². The molecule has 1 amide bonds. The van der Waals surface area contributed by atoms with E-state index in [0.29, 0.717) is 16.9 Å². The van der Waals surface area contributed by atoms with Crippen LogP contribution in [0.2, 0.25) is 0 Å². The standard InChI is InChI=1S/C16H15NO4/c1-10-5-3-8-13(14(10)16(19)20)17-15(18)11-6-4-7-12(9-11)21-2/h3-9H,1-2H3,(H,17,18)(H,19,20). The molecule has 2 N–H and O–H groups in total. The highest BCUT2D eigenvalue weighted by Crippen LogP contribution is 2.21. The van der Waals surface area contributed by atoms with E-state index >= 15 is 0 Å². The van der Waals surface area contributed by atoms with Gasteiger partial charge < -0.3 is 15.2 Å². The van der Waals surface area contributed by atoms with E-state index < -0.39 is 5.97 Å². The predicted octanol–water partition coefficient (Wildman–Crippen LogP) is 2.95. The summed E-state index contributed by atoms with van der Waals surface area (Å²) in [6.07, 6.45) is 0. The van der Waals surface area contributed by atoms with Crippen molar-refractivity contribution in [2.75, 3.05) is 12.4 Å². The van der Waals surface area contributed by atoms with Crippen LogP contribution in [0.15, 0.2) is 42.5 Å². The molecule has 0 radical (unpaired) electrons. The summed E-state index contributed by atoms with van der Waals surface area (Å²) in [6, 6.07) is 11.6. The molecule has 0 fully saturated rings. The first-order chi connectivity index (χ1) is 10.0. The minimum absolute atomic E-state index is 0.0914. The van der Waals surface area contributed by atoms with Gasteiger partial charge in [-0.15, -0.1) is 0 Å². The molecule has 108 valence electrons. The lowest BCUT2D eigenvalue weighted by atomic mass is 10.1. The number of ether oxygens (including phenoxy) is 1. The highest BCUT2D eigenvalue weighted by atomic mass is 16.5. The predicted molar refractivity (Wildman–Crippen MR) is 79.1 cm³/mol. The van der Waals surface area contributed by atoms with E-state index in [2.05, 4.69) is 5.32 Å². The number of methoxy groups -OCH3 is 1. The molecule has 21 heavy (non-hydrogen) atoms. The maximum Gasteiger partial charge on any atom is 0.338 e. The van der Waals surface area contributed by atoms with Crippen LogP contribution in [0.3, 0.4) is 0 Å². The average Bonchev–Trinajstić information content (AvgIpc) is 2.47. The Morgan fingerprint density at radius 3 is 2.52 bits per heavy atom. The lowest BCUT2D eigenvalue weighted by Crippen LogP contribution is -2.15. The Bertz CT molecular complexity index is 694.